The molecule has 1 rings (SSSR count). The summed E-state index contributed by atoms with van der Waals surface area (Å²) in [5, 5.41) is 3.49. The molecule has 0 amide bonds. The molecule has 0 unspecified atom stereocenters. The monoisotopic (exact) mass is 272 g/mol. The maximum absolute atomic E-state index is 5.52. The molecule has 0 saturated heterocycles. The minimum atomic E-state index is -0.0462. The molecular formula is C15H32N2O2. The maximum atomic E-state index is 5.52. The minimum absolute atomic E-state index is 0.0462. The third-order valence-electron chi connectivity index (χ3n) is 3.85. The highest BCUT2D eigenvalue weighted by Gasteiger charge is 2.18. The molecule has 1 aliphatic carbocycles. The number of rotatable bonds is 11. The fraction of sp³-hybridized carbons (Fsp3) is 1.00. The van der Waals surface area contributed by atoms with Crippen LogP contribution in [-0.2, 0) is 9.47 Å². The lowest BCUT2D eigenvalue weighted by molar-refractivity contribution is -0.138. The number of hydrogen-bond acceptors (Lipinski definition) is 4. The molecule has 1 saturated carbocycles. The van der Waals surface area contributed by atoms with E-state index in [1.165, 1.54) is 25.7 Å². The maximum Gasteiger partial charge on any atom is 0.158 e. The van der Waals surface area contributed by atoms with Gasteiger partial charge >= 0.3 is 0 Å². The summed E-state index contributed by atoms with van der Waals surface area (Å²) >= 11 is 0. The van der Waals surface area contributed by atoms with Crippen molar-refractivity contribution in [2.75, 3.05) is 39.9 Å². The highest BCUT2D eigenvalue weighted by atomic mass is 16.7. The molecule has 19 heavy (non-hydrogen) atoms. The highest BCUT2D eigenvalue weighted by molar-refractivity contribution is 4.75. The second-order valence-corrected chi connectivity index (χ2v) is 5.30. The molecule has 1 fully saturated rings. The highest BCUT2D eigenvalue weighted by Crippen LogP contribution is 2.21. The zero-order chi connectivity index (χ0) is 13.9. The molecule has 1 N–H and O–H groups in total. The van der Waals surface area contributed by atoms with Crippen LogP contribution < -0.4 is 5.32 Å². The van der Waals surface area contributed by atoms with Crippen molar-refractivity contribution in [1.82, 2.24) is 10.2 Å². The van der Waals surface area contributed by atoms with Gasteiger partial charge in [0.25, 0.3) is 0 Å². The normalized spacial score (nSPS) is 16.9. The molecule has 0 aromatic carbocycles. The Morgan fingerprint density at radius 3 is 2.32 bits per heavy atom. The number of nitrogens with zero attached hydrogens (tertiary/aromatic N) is 1. The van der Waals surface area contributed by atoms with E-state index in [1.807, 2.05) is 13.8 Å². The van der Waals surface area contributed by atoms with Gasteiger partial charge in [-0.2, -0.15) is 0 Å². The van der Waals surface area contributed by atoms with Crippen molar-refractivity contribution in [3.63, 3.8) is 0 Å². The van der Waals surface area contributed by atoms with Crippen LogP contribution in [0.4, 0.5) is 0 Å². The molecule has 0 aromatic rings. The molecule has 0 aliphatic heterocycles. The summed E-state index contributed by atoms with van der Waals surface area (Å²) < 4.78 is 11.0. The molecule has 0 bridgehead atoms. The topological polar surface area (TPSA) is 33.7 Å². The number of ether oxygens (including phenoxy) is 2. The lowest BCUT2D eigenvalue weighted by atomic mass is 10.2. The van der Waals surface area contributed by atoms with Crippen LogP contribution in [0, 0.1) is 0 Å². The Labute approximate surface area is 118 Å². The number of hydrogen-bond donors (Lipinski definition) is 1. The van der Waals surface area contributed by atoms with Gasteiger partial charge in [0.15, 0.2) is 6.29 Å². The largest absolute Gasteiger partial charge is 0.353 e. The lowest BCUT2D eigenvalue weighted by Crippen LogP contribution is -2.36. The van der Waals surface area contributed by atoms with Crippen molar-refractivity contribution in [1.29, 1.82) is 0 Å². The van der Waals surface area contributed by atoms with Crippen LogP contribution in [0.2, 0.25) is 0 Å². The van der Waals surface area contributed by atoms with Crippen molar-refractivity contribution >= 4 is 0 Å². The van der Waals surface area contributed by atoms with Gasteiger partial charge in [0.05, 0.1) is 0 Å². The predicted molar refractivity (Wildman–Crippen MR) is 79.4 cm³/mol. The fourth-order valence-corrected chi connectivity index (χ4v) is 2.71. The molecule has 4 nitrogen and oxygen atoms in total. The first kappa shape index (κ1) is 16.9. The Balaban J connectivity index is 1.99. The molecule has 0 spiro atoms. The molecule has 0 atom stereocenters. The van der Waals surface area contributed by atoms with E-state index in [-0.39, 0.29) is 6.29 Å². The Morgan fingerprint density at radius 1 is 1.11 bits per heavy atom. The summed E-state index contributed by atoms with van der Waals surface area (Å²) in [6.07, 6.45) is 6.46. The molecular weight excluding hydrogens is 240 g/mol. The zero-order valence-corrected chi connectivity index (χ0v) is 13.0. The van der Waals surface area contributed by atoms with Gasteiger partial charge in [-0.3, -0.25) is 0 Å². The summed E-state index contributed by atoms with van der Waals surface area (Å²) in [5.74, 6) is 0. The molecule has 0 aromatic heterocycles. The third-order valence-corrected chi connectivity index (χ3v) is 3.85. The van der Waals surface area contributed by atoms with Crippen LogP contribution in [0.5, 0.6) is 0 Å². The van der Waals surface area contributed by atoms with E-state index in [9.17, 15) is 0 Å². The van der Waals surface area contributed by atoms with E-state index in [1.54, 1.807) is 0 Å². The summed E-state index contributed by atoms with van der Waals surface area (Å²) in [7, 11) is 2.25. The van der Waals surface area contributed by atoms with Crippen molar-refractivity contribution in [2.24, 2.45) is 0 Å². The summed E-state index contributed by atoms with van der Waals surface area (Å²) in [6.45, 7) is 8.61. The molecule has 0 radical (unpaired) electrons. The number of likely N-dealkylation sites (N-methyl/N-ethyl adjacent to an activating group) is 1. The Bertz CT molecular complexity index is 198. The van der Waals surface area contributed by atoms with Crippen molar-refractivity contribution < 1.29 is 9.47 Å². The van der Waals surface area contributed by atoms with Gasteiger partial charge in [-0.1, -0.05) is 12.8 Å². The van der Waals surface area contributed by atoms with Crippen LogP contribution in [0.1, 0.15) is 46.0 Å². The molecule has 0 heterocycles. The Morgan fingerprint density at radius 2 is 1.74 bits per heavy atom. The fourth-order valence-electron chi connectivity index (χ4n) is 2.71. The van der Waals surface area contributed by atoms with Crippen molar-refractivity contribution in [3.8, 4) is 0 Å². The lowest BCUT2D eigenvalue weighted by Gasteiger charge is -2.24. The van der Waals surface area contributed by atoms with E-state index in [0.717, 1.165) is 45.3 Å². The molecule has 4 heteroatoms. The van der Waals surface area contributed by atoms with Crippen LogP contribution in [0.25, 0.3) is 0 Å². The van der Waals surface area contributed by atoms with Crippen molar-refractivity contribution in [2.45, 2.75) is 58.3 Å². The van der Waals surface area contributed by atoms with Crippen LogP contribution in [0.15, 0.2) is 0 Å². The first-order valence-corrected chi connectivity index (χ1v) is 7.92. The second kappa shape index (κ2) is 10.6. The van der Waals surface area contributed by atoms with Crippen LogP contribution >= 0.6 is 0 Å². The van der Waals surface area contributed by atoms with E-state index in [0.29, 0.717) is 0 Å². The zero-order valence-electron chi connectivity index (χ0n) is 13.0. The SMILES string of the molecule is CCOC(CCNCCN(C)C1CCCC1)OCC. The standard InChI is InChI=1S/C15H32N2O2/c1-4-18-15(19-5-2)10-11-16-12-13-17(3)14-8-6-7-9-14/h14-16H,4-13H2,1-3H3. The van der Waals surface area contributed by atoms with Gasteiger partial charge in [0.1, 0.15) is 0 Å². The van der Waals surface area contributed by atoms with E-state index < -0.39 is 0 Å². The summed E-state index contributed by atoms with van der Waals surface area (Å²) in [4.78, 5) is 2.50. The molecule has 114 valence electrons. The first-order chi connectivity index (χ1) is 9.27. The minimum Gasteiger partial charge on any atom is -0.353 e. The van der Waals surface area contributed by atoms with Crippen LogP contribution in [-0.4, -0.2) is 57.1 Å². The second-order valence-electron chi connectivity index (χ2n) is 5.30. The Hall–Kier alpha value is -0.160. The Kier molecular flexibility index (Phi) is 9.43. The molecule has 1 aliphatic rings. The van der Waals surface area contributed by atoms with E-state index >= 15 is 0 Å². The third kappa shape index (κ3) is 7.25. The quantitative estimate of drug-likeness (QED) is 0.462. The van der Waals surface area contributed by atoms with Gasteiger partial charge in [-0.05, 0) is 33.7 Å². The predicted octanol–water partition coefficient (Wildman–Crippen LogP) is 2.24. The van der Waals surface area contributed by atoms with Crippen molar-refractivity contribution in [3.05, 3.63) is 0 Å². The van der Waals surface area contributed by atoms with Crippen LogP contribution in [0.3, 0.4) is 0 Å². The van der Waals surface area contributed by atoms with Gasteiger partial charge in [-0.15, -0.1) is 0 Å². The summed E-state index contributed by atoms with van der Waals surface area (Å²) in [6, 6.07) is 0.821. The smallest absolute Gasteiger partial charge is 0.158 e. The average molecular weight is 272 g/mol. The van der Waals surface area contributed by atoms with Gasteiger partial charge in [0.2, 0.25) is 0 Å². The number of nitrogens with one attached hydrogen (secondary N) is 1. The van der Waals surface area contributed by atoms with Gasteiger partial charge in [-0.25, -0.2) is 0 Å². The first-order valence-electron chi connectivity index (χ1n) is 7.92. The van der Waals surface area contributed by atoms with Gasteiger partial charge < -0.3 is 19.7 Å². The van der Waals surface area contributed by atoms with Gasteiger partial charge in [0, 0.05) is 45.3 Å². The van der Waals surface area contributed by atoms with E-state index in [2.05, 4.69) is 17.3 Å². The average Bonchev–Trinajstić information content (AvgIpc) is 2.92. The summed E-state index contributed by atoms with van der Waals surface area (Å²) in [5.41, 5.74) is 0. The van der Waals surface area contributed by atoms with E-state index in [4.69, 9.17) is 9.47 Å².